The number of carbonyl (C=O) groups is 5. The summed E-state index contributed by atoms with van der Waals surface area (Å²) in [6.45, 7) is 7.29. The number of carboxylic acids is 1. The molecule has 3 rings (SSSR count). The van der Waals surface area contributed by atoms with Crippen molar-refractivity contribution < 1.29 is 29.1 Å². The number of rotatable bonds is 21. The number of likely N-dealkylation sites (tertiary alicyclic amines) is 1. The number of amides is 4. The maximum Gasteiger partial charge on any atom is 0.323 e. The second kappa shape index (κ2) is 21.3. The lowest BCUT2D eigenvalue weighted by molar-refractivity contribution is -0.148. The third-order valence-corrected chi connectivity index (χ3v) is 9.67. The summed E-state index contributed by atoms with van der Waals surface area (Å²) in [5.74, 6) is -2.56. The molecule has 9 N–H and O–H groups in total. The molecule has 1 fully saturated rings. The summed E-state index contributed by atoms with van der Waals surface area (Å²) >= 11 is 0. The molecule has 2 unspecified atom stereocenters. The number of aliphatic carboxylic acids is 1. The van der Waals surface area contributed by atoms with Crippen LogP contribution in [0.25, 0.3) is 0 Å². The van der Waals surface area contributed by atoms with E-state index in [-0.39, 0.29) is 62.5 Å². The first-order valence-corrected chi connectivity index (χ1v) is 18.6. The van der Waals surface area contributed by atoms with E-state index >= 15 is 0 Å². The molecule has 0 saturated carbocycles. The van der Waals surface area contributed by atoms with Crippen LogP contribution in [0.4, 0.5) is 0 Å². The third kappa shape index (κ3) is 13.3. The van der Waals surface area contributed by atoms with E-state index < -0.39 is 41.4 Å². The molecule has 1 aliphatic rings. The monoisotopic (exact) mass is 721 g/mol. The SMILES string of the molecule is CCC(CNCC(=O)NC(Cc1ccccc1)C(=O)N[C@H](CC(C)C)C(=O)N[C@H](CCCCN)C(=O)N1CCC(N)(C(=O)O)CC1)c1ccccc1. The molecule has 4 amide bonds. The number of carboxylic acid groups (broad SMARTS) is 1. The van der Waals surface area contributed by atoms with Crippen molar-refractivity contribution in [3.8, 4) is 0 Å². The van der Waals surface area contributed by atoms with Gasteiger partial charge >= 0.3 is 5.97 Å². The minimum absolute atomic E-state index is 0.0125. The van der Waals surface area contributed by atoms with Gasteiger partial charge in [-0.2, -0.15) is 0 Å². The fourth-order valence-corrected chi connectivity index (χ4v) is 6.45. The van der Waals surface area contributed by atoms with Crippen LogP contribution in [0.5, 0.6) is 0 Å². The normalized spacial score (nSPS) is 16.3. The van der Waals surface area contributed by atoms with Crippen LogP contribution in [0.3, 0.4) is 0 Å². The van der Waals surface area contributed by atoms with Crippen molar-refractivity contribution in [2.45, 2.75) is 102 Å². The fraction of sp³-hybridized carbons (Fsp3) is 0.564. The zero-order valence-corrected chi connectivity index (χ0v) is 30.9. The molecule has 0 spiro atoms. The minimum atomic E-state index is -1.40. The van der Waals surface area contributed by atoms with Gasteiger partial charge < -0.3 is 42.7 Å². The summed E-state index contributed by atoms with van der Waals surface area (Å²) < 4.78 is 0. The number of hydrogen-bond donors (Lipinski definition) is 7. The predicted molar refractivity (Wildman–Crippen MR) is 201 cm³/mol. The number of hydrogen-bond acceptors (Lipinski definition) is 8. The number of unbranched alkanes of at least 4 members (excludes halogenated alkanes) is 1. The highest BCUT2D eigenvalue weighted by atomic mass is 16.4. The lowest BCUT2D eigenvalue weighted by Gasteiger charge is -2.38. The van der Waals surface area contributed by atoms with E-state index in [0.29, 0.717) is 38.8 Å². The molecule has 286 valence electrons. The molecule has 0 radical (unpaired) electrons. The van der Waals surface area contributed by atoms with Gasteiger partial charge in [0.1, 0.15) is 23.7 Å². The number of carbonyl (C=O) groups excluding carboxylic acids is 4. The molecule has 2 aromatic rings. The molecule has 1 heterocycles. The first kappa shape index (κ1) is 42.1. The molecule has 1 saturated heterocycles. The van der Waals surface area contributed by atoms with E-state index in [1.54, 1.807) is 4.90 Å². The van der Waals surface area contributed by atoms with Gasteiger partial charge in [-0.1, -0.05) is 81.4 Å². The molecule has 13 nitrogen and oxygen atoms in total. The third-order valence-electron chi connectivity index (χ3n) is 9.67. The van der Waals surface area contributed by atoms with E-state index in [2.05, 4.69) is 40.3 Å². The number of nitrogens with two attached hydrogens (primary N) is 2. The van der Waals surface area contributed by atoms with Crippen LogP contribution in [0, 0.1) is 5.92 Å². The lowest BCUT2D eigenvalue weighted by Crippen LogP contribution is -2.60. The van der Waals surface area contributed by atoms with Crippen LogP contribution in [-0.4, -0.2) is 96.0 Å². The molecule has 13 heteroatoms. The van der Waals surface area contributed by atoms with E-state index in [0.717, 1.165) is 12.0 Å². The van der Waals surface area contributed by atoms with Gasteiger partial charge in [-0.05, 0) is 74.5 Å². The molecule has 0 aromatic heterocycles. The van der Waals surface area contributed by atoms with Gasteiger partial charge in [0.15, 0.2) is 0 Å². The van der Waals surface area contributed by atoms with Crippen molar-refractivity contribution in [3.63, 3.8) is 0 Å². The van der Waals surface area contributed by atoms with Gasteiger partial charge in [-0.3, -0.25) is 24.0 Å². The average molecular weight is 722 g/mol. The quantitative estimate of drug-likeness (QED) is 0.0940. The van der Waals surface area contributed by atoms with Gasteiger partial charge in [-0.15, -0.1) is 0 Å². The van der Waals surface area contributed by atoms with Crippen LogP contribution >= 0.6 is 0 Å². The van der Waals surface area contributed by atoms with Crippen molar-refractivity contribution in [1.29, 1.82) is 0 Å². The minimum Gasteiger partial charge on any atom is -0.480 e. The molecule has 4 atom stereocenters. The molecule has 52 heavy (non-hydrogen) atoms. The van der Waals surface area contributed by atoms with Crippen LogP contribution < -0.4 is 32.7 Å². The highest BCUT2D eigenvalue weighted by Crippen LogP contribution is 2.22. The molecule has 1 aliphatic heterocycles. The van der Waals surface area contributed by atoms with Crippen LogP contribution in [-0.2, 0) is 30.4 Å². The number of benzene rings is 2. The Balaban J connectivity index is 1.72. The number of nitrogens with zero attached hydrogens (tertiary/aromatic N) is 1. The standard InChI is InChI=1S/C39H59N7O6/c1-4-29(30-15-9-6-10-16-30)25-42-26-34(47)43-33(24-28-13-7-5-8-14-28)36(49)45-32(23-27(2)3)35(48)44-31(17-11-12-20-40)37(50)46-21-18-39(41,19-22-46)38(51)52/h5-10,13-16,27,29,31-33,42H,4,11-12,17-26,40-41H2,1-3H3,(H,43,47)(H,44,48)(H,45,49)(H,51,52)/t29?,31-,32-,33?/m1/s1. The Morgan fingerprint density at radius 2 is 1.44 bits per heavy atom. The Morgan fingerprint density at radius 1 is 0.846 bits per heavy atom. The zero-order chi connectivity index (χ0) is 38.1. The Bertz CT molecular complexity index is 1430. The largest absolute Gasteiger partial charge is 0.480 e. The maximum absolute atomic E-state index is 13.9. The molecule has 0 aliphatic carbocycles. The van der Waals surface area contributed by atoms with Gasteiger partial charge in [-0.25, -0.2) is 0 Å². The summed E-state index contributed by atoms with van der Waals surface area (Å²) in [5.41, 5.74) is 12.4. The molecule has 0 bridgehead atoms. The molecule has 2 aromatic carbocycles. The second-order valence-electron chi connectivity index (χ2n) is 14.3. The summed E-state index contributed by atoms with van der Waals surface area (Å²) in [7, 11) is 0. The smallest absolute Gasteiger partial charge is 0.323 e. The van der Waals surface area contributed by atoms with Crippen molar-refractivity contribution in [3.05, 3.63) is 71.8 Å². The van der Waals surface area contributed by atoms with Crippen LogP contribution in [0.1, 0.15) is 82.8 Å². The summed E-state index contributed by atoms with van der Waals surface area (Å²) in [5, 5.41) is 21.4. The summed E-state index contributed by atoms with van der Waals surface area (Å²) in [6, 6.07) is 16.6. The Kier molecular flexibility index (Phi) is 17.2. The zero-order valence-electron chi connectivity index (χ0n) is 30.9. The first-order chi connectivity index (χ1) is 24.9. The Hall–Kier alpha value is -4.33. The van der Waals surface area contributed by atoms with E-state index in [1.165, 1.54) is 5.56 Å². The number of nitrogens with one attached hydrogen (secondary N) is 4. The fourth-order valence-electron chi connectivity index (χ4n) is 6.45. The highest BCUT2D eigenvalue weighted by molar-refractivity contribution is 5.94. The topological polar surface area (TPSA) is 209 Å². The Labute approximate surface area is 308 Å². The predicted octanol–water partition coefficient (Wildman–Crippen LogP) is 2.05. The first-order valence-electron chi connectivity index (χ1n) is 18.6. The number of piperidine rings is 1. The lowest BCUT2D eigenvalue weighted by atomic mass is 9.88. The van der Waals surface area contributed by atoms with E-state index in [9.17, 15) is 29.1 Å². The van der Waals surface area contributed by atoms with Crippen molar-refractivity contribution in [2.24, 2.45) is 17.4 Å². The van der Waals surface area contributed by atoms with Crippen LogP contribution in [0.2, 0.25) is 0 Å². The van der Waals surface area contributed by atoms with Gasteiger partial charge in [0.2, 0.25) is 23.6 Å². The Morgan fingerprint density at radius 3 is 2.02 bits per heavy atom. The van der Waals surface area contributed by atoms with Gasteiger partial charge in [0.25, 0.3) is 0 Å². The van der Waals surface area contributed by atoms with Crippen molar-refractivity contribution in [1.82, 2.24) is 26.2 Å². The van der Waals surface area contributed by atoms with Gasteiger partial charge in [0.05, 0.1) is 6.54 Å². The van der Waals surface area contributed by atoms with Gasteiger partial charge in [0, 0.05) is 26.1 Å². The second-order valence-corrected chi connectivity index (χ2v) is 14.3. The maximum atomic E-state index is 13.9. The highest BCUT2D eigenvalue weighted by Gasteiger charge is 2.40. The van der Waals surface area contributed by atoms with Crippen molar-refractivity contribution >= 4 is 29.6 Å². The molecular formula is C39H59N7O6. The average Bonchev–Trinajstić information content (AvgIpc) is 3.13. The van der Waals surface area contributed by atoms with Crippen molar-refractivity contribution in [2.75, 3.05) is 32.7 Å². The summed E-state index contributed by atoms with van der Waals surface area (Å²) in [6.07, 6.45) is 3.16. The molecular weight excluding hydrogens is 662 g/mol. The van der Waals surface area contributed by atoms with Crippen LogP contribution in [0.15, 0.2) is 60.7 Å². The summed E-state index contributed by atoms with van der Waals surface area (Å²) in [4.78, 5) is 67.9. The van der Waals surface area contributed by atoms with E-state index in [1.807, 2.05) is 62.4 Å². The van der Waals surface area contributed by atoms with E-state index in [4.69, 9.17) is 11.5 Å².